The third-order valence-corrected chi connectivity index (χ3v) is 3.18. The number of hydrogen-bond donors (Lipinski definition) is 3. The zero-order valence-corrected chi connectivity index (χ0v) is 13.9. The van der Waals surface area contributed by atoms with Gasteiger partial charge >= 0.3 is 5.69 Å². The minimum absolute atomic E-state index is 0. The second-order valence-electron chi connectivity index (χ2n) is 4.42. The van der Waals surface area contributed by atoms with Crippen molar-refractivity contribution in [1.82, 2.24) is 9.55 Å². The zero-order valence-electron chi connectivity index (χ0n) is 11.1. The van der Waals surface area contributed by atoms with Crippen LogP contribution in [0.1, 0.15) is 11.8 Å². The monoisotopic (exact) mass is 392 g/mol. The average Bonchev–Trinajstić information content (AvgIpc) is 2.70. The molecule has 2 heterocycles. The Kier molecular flexibility index (Phi) is 5.95. The van der Waals surface area contributed by atoms with Crippen molar-refractivity contribution in [3.8, 4) is 0 Å². The number of ether oxygens (including phenoxy) is 2. The Labute approximate surface area is 131 Å². The first kappa shape index (κ1) is 17.4. The van der Waals surface area contributed by atoms with Crippen molar-refractivity contribution in [1.29, 1.82) is 0 Å². The van der Waals surface area contributed by atoms with E-state index in [0.29, 0.717) is 5.56 Å². The molecule has 1 aromatic heterocycles. The van der Waals surface area contributed by atoms with E-state index in [2.05, 4.69) is 4.98 Å². The molecule has 1 aromatic rings. The number of H-pyrrole nitrogens is 1. The molecular formula is C11H16N2O6Sn. The first-order chi connectivity index (χ1) is 8.99. The van der Waals surface area contributed by atoms with Crippen LogP contribution in [0.5, 0.6) is 0 Å². The van der Waals surface area contributed by atoms with Gasteiger partial charge in [0, 0.05) is 42.8 Å². The van der Waals surface area contributed by atoms with Gasteiger partial charge in [-0.05, 0) is 6.92 Å². The van der Waals surface area contributed by atoms with Gasteiger partial charge in [0.2, 0.25) is 0 Å². The van der Waals surface area contributed by atoms with Crippen molar-refractivity contribution in [2.24, 2.45) is 0 Å². The molecule has 4 atom stereocenters. The Bertz CT molecular complexity index is 571. The first-order valence-corrected chi connectivity index (χ1v) is 5.78. The van der Waals surface area contributed by atoms with Gasteiger partial charge in [0.15, 0.2) is 6.23 Å². The van der Waals surface area contributed by atoms with E-state index >= 15 is 0 Å². The van der Waals surface area contributed by atoms with Crippen LogP contribution in [0.15, 0.2) is 15.8 Å². The van der Waals surface area contributed by atoms with Gasteiger partial charge in [0.05, 0.1) is 6.61 Å². The number of aliphatic hydroxyl groups is 2. The van der Waals surface area contributed by atoms with E-state index < -0.39 is 42.4 Å². The fourth-order valence-corrected chi connectivity index (χ4v) is 2.12. The van der Waals surface area contributed by atoms with Crippen LogP contribution in [-0.4, -0.2) is 75.7 Å². The van der Waals surface area contributed by atoms with Crippen LogP contribution in [0.3, 0.4) is 0 Å². The van der Waals surface area contributed by atoms with E-state index in [-0.39, 0.29) is 23.9 Å². The number of methoxy groups -OCH3 is 1. The molecule has 0 unspecified atom stereocenters. The van der Waals surface area contributed by atoms with Crippen molar-refractivity contribution >= 4 is 23.9 Å². The minimum Gasteiger partial charge on any atom is -0.394 e. The maximum atomic E-state index is 11.8. The first-order valence-electron chi connectivity index (χ1n) is 5.78. The van der Waals surface area contributed by atoms with E-state index in [0.717, 1.165) is 4.57 Å². The molecule has 1 saturated heterocycles. The van der Waals surface area contributed by atoms with Crippen LogP contribution in [0.4, 0.5) is 0 Å². The maximum Gasteiger partial charge on any atom is 0.330 e. The Hall–Kier alpha value is -0.681. The van der Waals surface area contributed by atoms with Crippen LogP contribution in [0.2, 0.25) is 0 Å². The Morgan fingerprint density at radius 2 is 2.15 bits per heavy atom. The number of nitrogens with zero attached hydrogens (tertiary/aromatic N) is 1. The predicted molar refractivity (Wildman–Crippen MR) is 69.6 cm³/mol. The summed E-state index contributed by atoms with van der Waals surface area (Å²) in [5.74, 6) is 0. The normalized spacial score (nSPS) is 29.2. The molecule has 20 heavy (non-hydrogen) atoms. The van der Waals surface area contributed by atoms with Gasteiger partial charge in [0.1, 0.15) is 18.3 Å². The topological polar surface area (TPSA) is 114 Å². The fourth-order valence-electron chi connectivity index (χ4n) is 2.12. The van der Waals surface area contributed by atoms with E-state index in [1.165, 1.54) is 13.3 Å². The van der Waals surface area contributed by atoms with Crippen molar-refractivity contribution in [3.05, 3.63) is 32.6 Å². The molecule has 0 saturated carbocycles. The second-order valence-corrected chi connectivity index (χ2v) is 4.42. The summed E-state index contributed by atoms with van der Waals surface area (Å²) >= 11 is 0. The summed E-state index contributed by atoms with van der Waals surface area (Å²) in [5.41, 5.74) is -0.805. The molecule has 110 valence electrons. The SMILES string of the molecule is CO[C@@H]1[C@H](O)[C@@H](CO)O[C@H]1n1cc(C)c(=O)[nH]c1=O.[Sn]. The number of rotatable bonds is 3. The van der Waals surface area contributed by atoms with E-state index in [1.54, 1.807) is 6.92 Å². The van der Waals surface area contributed by atoms with Crippen molar-refractivity contribution in [2.45, 2.75) is 31.5 Å². The minimum atomic E-state index is -1.06. The fraction of sp³-hybridized carbons (Fsp3) is 0.636. The standard InChI is InChI=1S/C11H16N2O6.Sn/c1-5-3-13(11(17)12-9(5)16)10-8(18-2)7(15)6(4-14)19-10;/h3,6-8,10,14-15H,4H2,1-2H3,(H,12,16,17);/t6-,7-,8-,10-;/m1./s1. The third kappa shape index (κ3) is 2.98. The number of aryl methyl sites for hydroxylation is 1. The van der Waals surface area contributed by atoms with E-state index in [9.17, 15) is 14.7 Å². The maximum absolute atomic E-state index is 11.8. The van der Waals surface area contributed by atoms with Gasteiger partial charge in [-0.25, -0.2) is 4.79 Å². The molecule has 0 spiro atoms. The summed E-state index contributed by atoms with van der Waals surface area (Å²) in [6, 6.07) is 0. The van der Waals surface area contributed by atoms with Crippen LogP contribution >= 0.6 is 0 Å². The molecule has 0 bridgehead atoms. The van der Waals surface area contributed by atoms with Gasteiger partial charge in [-0.3, -0.25) is 14.3 Å². The summed E-state index contributed by atoms with van der Waals surface area (Å²) in [7, 11) is 1.37. The Morgan fingerprint density at radius 3 is 2.70 bits per heavy atom. The average molecular weight is 391 g/mol. The van der Waals surface area contributed by atoms with Crippen molar-refractivity contribution < 1.29 is 19.7 Å². The molecule has 1 aliphatic rings. The molecule has 0 aliphatic carbocycles. The smallest absolute Gasteiger partial charge is 0.330 e. The number of aromatic nitrogens is 2. The molecule has 0 aromatic carbocycles. The van der Waals surface area contributed by atoms with Crippen LogP contribution in [-0.2, 0) is 9.47 Å². The molecule has 4 radical (unpaired) electrons. The van der Waals surface area contributed by atoms with Gasteiger partial charge in [0.25, 0.3) is 5.56 Å². The van der Waals surface area contributed by atoms with Gasteiger partial charge in [-0.15, -0.1) is 0 Å². The molecule has 1 fully saturated rings. The summed E-state index contributed by atoms with van der Waals surface area (Å²) in [5, 5.41) is 19.0. The summed E-state index contributed by atoms with van der Waals surface area (Å²) < 4.78 is 11.7. The third-order valence-electron chi connectivity index (χ3n) is 3.18. The van der Waals surface area contributed by atoms with Crippen LogP contribution in [0.25, 0.3) is 0 Å². The molecule has 0 amide bonds. The quantitative estimate of drug-likeness (QED) is 0.501. The van der Waals surface area contributed by atoms with Gasteiger partial charge < -0.3 is 19.7 Å². The summed E-state index contributed by atoms with van der Waals surface area (Å²) in [6.07, 6.45) is -2.27. The number of aromatic amines is 1. The van der Waals surface area contributed by atoms with Gasteiger partial charge in [-0.2, -0.15) is 0 Å². The predicted octanol–water partition coefficient (Wildman–Crippen LogP) is -2.27. The zero-order chi connectivity index (χ0) is 14.2. The molecule has 1 aliphatic heterocycles. The van der Waals surface area contributed by atoms with Crippen molar-refractivity contribution in [2.75, 3.05) is 13.7 Å². The Balaban J connectivity index is 0.00000200. The molecule has 3 N–H and O–H groups in total. The number of nitrogens with one attached hydrogen (secondary N) is 1. The second kappa shape index (κ2) is 6.85. The summed E-state index contributed by atoms with van der Waals surface area (Å²) in [4.78, 5) is 25.2. The molecule has 9 heteroatoms. The van der Waals surface area contributed by atoms with Gasteiger partial charge in [-0.1, -0.05) is 0 Å². The van der Waals surface area contributed by atoms with Crippen LogP contribution < -0.4 is 11.2 Å². The summed E-state index contributed by atoms with van der Waals surface area (Å²) in [6.45, 7) is 1.15. The number of aliphatic hydroxyl groups excluding tert-OH is 2. The molecule has 2 rings (SSSR count). The van der Waals surface area contributed by atoms with Crippen molar-refractivity contribution in [3.63, 3.8) is 0 Å². The molecule has 8 nitrogen and oxygen atoms in total. The molecular weight excluding hydrogens is 375 g/mol. The largest absolute Gasteiger partial charge is 0.394 e. The Morgan fingerprint density at radius 1 is 1.50 bits per heavy atom. The number of hydrogen-bond acceptors (Lipinski definition) is 6. The van der Waals surface area contributed by atoms with E-state index in [4.69, 9.17) is 14.6 Å². The van der Waals surface area contributed by atoms with Crippen LogP contribution in [0, 0.1) is 6.92 Å². The van der Waals surface area contributed by atoms with E-state index in [1.807, 2.05) is 0 Å².